The van der Waals surface area contributed by atoms with Crippen molar-refractivity contribution >= 4 is 21.6 Å². The van der Waals surface area contributed by atoms with Crippen molar-refractivity contribution in [1.29, 1.82) is 0 Å². The van der Waals surface area contributed by atoms with Gasteiger partial charge in [0.25, 0.3) is 0 Å². The zero-order valence-electron chi connectivity index (χ0n) is 11.5. The number of hydrogen-bond acceptors (Lipinski definition) is 5. The van der Waals surface area contributed by atoms with Crippen LogP contribution in [0.2, 0.25) is 5.02 Å². The molecule has 0 aromatic heterocycles. The number of ether oxygens (including phenoxy) is 1. The fraction of sp³-hybridized carbons (Fsp3) is 0.538. The third-order valence-electron chi connectivity index (χ3n) is 3.19. The Hall–Kier alpha value is -0.700. The molecule has 0 unspecified atom stereocenters. The molecule has 1 fully saturated rings. The van der Waals surface area contributed by atoms with Gasteiger partial charge >= 0.3 is 0 Å². The van der Waals surface area contributed by atoms with Gasteiger partial charge in [-0.05, 0) is 18.2 Å². The van der Waals surface area contributed by atoms with Gasteiger partial charge in [-0.1, -0.05) is 17.7 Å². The number of sulfonamides is 1. The van der Waals surface area contributed by atoms with E-state index in [1.807, 2.05) is 4.90 Å². The quantitative estimate of drug-likeness (QED) is 0.783. The van der Waals surface area contributed by atoms with Gasteiger partial charge in [-0.3, -0.25) is 4.90 Å². The van der Waals surface area contributed by atoms with E-state index in [0.717, 1.165) is 13.1 Å². The molecule has 0 aliphatic carbocycles. The highest BCUT2D eigenvalue weighted by molar-refractivity contribution is 7.89. The van der Waals surface area contributed by atoms with Crippen LogP contribution in [0, 0.1) is 0 Å². The van der Waals surface area contributed by atoms with E-state index in [2.05, 4.69) is 4.72 Å². The summed E-state index contributed by atoms with van der Waals surface area (Å²) < 4.78 is 31.7. The van der Waals surface area contributed by atoms with E-state index < -0.39 is 16.1 Å². The van der Waals surface area contributed by atoms with Crippen molar-refractivity contribution in [3.05, 3.63) is 29.3 Å². The number of benzene rings is 1. The third kappa shape index (κ3) is 5.21. The molecule has 1 heterocycles. The van der Waals surface area contributed by atoms with Crippen LogP contribution < -0.4 is 4.72 Å². The summed E-state index contributed by atoms with van der Waals surface area (Å²) in [5.41, 5.74) is 0. The highest BCUT2D eigenvalue weighted by atomic mass is 35.5. The van der Waals surface area contributed by atoms with Crippen molar-refractivity contribution in [2.75, 3.05) is 39.4 Å². The van der Waals surface area contributed by atoms with Crippen LogP contribution in [0.1, 0.15) is 0 Å². The summed E-state index contributed by atoms with van der Waals surface area (Å²) in [5, 5.41) is 10.3. The van der Waals surface area contributed by atoms with Gasteiger partial charge in [-0.25, -0.2) is 13.1 Å². The third-order valence-corrected chi connectivity index (χ3v) is 4.84. The number of rotatable bonds is 6. The van der Waals surface area contributed by atoms with Gasteiger partial charge in [0, 0.05) is 31.2 Å². The smallest absolute Gasteiger partial charge is 0.240 e. The largest absolute Gasteiger partial charge is 0.390 e. The average molecular weight is 335 g/mol. The first-order valence-corrected chi connectivity index (χ1v) is 8.57. The Labute approximate surface area is 129 Å². The molecular weight excluding hydrogens is 316 g/mol. The number of hydrogen-bond donors (Lipinski definition) is 2. The Bertz CT molecular complexity index is 561. The van der Waals surface area contributed by atoms with Crippen molar-refractivity contribution in [2.45, 2.75) is 11.0 Å². The average Bonchev–Trinajstić information content (AvgIpc) is 2.46. The van der Waals surface area contributed by atoms with E-state index in [1.54, 1.807) is 12.1 Å². The molecule has 6 nitrogen and oxygen atoms in total. The molecule has 8 heteroatoms. The topological polar surface area (TPSA) is 78.9 Å². The van der Waals surface area contributed by atoms with Gasteiger partial charge in [-0.2, -0.15) is 0 Å². The van der Waals surface area contributed by atoms with E-state index in [4.69, 9.17) is 16.3 Å². The van der Waals surface area contributed by atoms with Crippen LogP contribution in [-0.2, 0) is 14.8 Å². The van der Waals surface area contributed by atoms with Crippen molar-refractivity contribution in [3.63, 3.8) is 0 Å². The van der Waals surface area contributed by atoms with Gasteiger partial charge in [0.05, 0.1) is 24.2 Å². The Morgan fingerprint density at radius 2 is 2.10 bits per heavy atom. The number of halogens is 1. The SMILES string of the molecule is O=S(=O)(NC[C@@H](O)CN1CCOCC1)c1cccc(Cl)c1. The van der Waals surface area contributed by atoms with Crippen LogP contribution in [0.15, 0.2) is 29.2 Å². The highest BCUT2D eigenvalue weighted by Gasteiger charge is 2.19. The molecule has 2 rings (SSSR count). The molecule has 21 heavy (non-hydrogen) atoms. The molecule has 0 bridgehead atoms. The minimum atomic E-state index is -3.66. The van der Waals surface area contributed by atoms with Gasteiger partial charge in [0.1, 0.15) is 0 Å². The Morgan fingerprint density at radius 1 is 1.38 bits per heavy atom. The molecule has 118 valence electrons. The van der Waals surface area contributed by atoms with Crippen LogP contribution in [0.4, 0.5) is 0 Å². The summed E-state index contributed by atoms with van der Waals surface area (Å²) in [5.74, 6) is 0. The summed E-state index contributed by atoms with van der Waals surface area (Å²) in [6.07, 6.45) is -0.767. The molecule has 1 aliphatic rings. The second kappa shape index (κ2) is 7.53. The predicted octanol–water partition coefficient (Wildman–Crippen LogP) is 0.311. The molecule has 2 N–H and O–H groups in total. The molecule has 0 saturated carbocycles. The number of nitrogens with zero attached hydrogens (tertiary/aromatic N) is 1. The van der Waals surface area contributed by atoms with Crippen LogP contribution in [-0.4, -0.2) is 63.9 Å². The number of aliphatic hydroxyl groups is 1. The van der Waals surface area contributed by atoms with E-state index >= 15 is 0 Å². The molecule has 0 spiro atoms. The Morgan fingerprint density at radius 3 is 2.76 bits per heavy atom. The zero-order chi connectivity index (χ0) is 15.3. The van der Waals surface area contributed by atoms with Gasteiger partial charge in [0.2, 0.25) is 10.0 Å². The Kier molecular flexibility index (Phi) is 5.98. The lowest BCUT2D eigenvalue weighted by Gasteiger charge is -2.28. The first-order chi connectivity index (χ1) is 9.97. The summed E-state index contributed by atoms with van der Waals surface area (Å²) >= 11 is 5.78. The fourth-order valence-electron chi connectivity index (χ4n) is 2.07. The van der Waals surface area contributed by atoms with Crippen molar-refractivity contribution in [2.24, 2.45) is 0 Å². The molecular formula is C13H19ClN2O4S. The lowest BCUT2D eigenvalue weighted by molar-refractivity contribution is 0.0158. The van der Waals surface area contributed by atoms with Crippen molar-refractivity contribution < 1.29 is 18.3 Å². The van der Waals surface area contributed by atoms with E-state index in [-0.39, 0.29) is 11.4 Å². The monoisotopic (exact) mass is 334 g/mol. The molecule has 1 aliphatic heterocycles. The van der Waals surface area contributed by atoms with Gasteiger partial charge in [0.15, 0.2) is 0 Å². The second-order valence-corrected chi connectivity index (χ2v) is 7.08. The van der Waals surface area contributed by atoms with Crippen LogP contribution in [0.5, 0.6) is 0 Å². The molecule has 1 aromatic rings. The lowest BCUT2D eigenvalue weighted by Crippen LogP contribution is -2.44. The number of β-amino-alcohol motifs (C(OH)–C–C–N with tert-alkyl or cyclic N) is 1. The molecule has 0 amide bonds. The molecule has 1 aromatic carbocycles. The second-order valence-electron chi connectivity index (χ2n) is 4.88. The molecule has 1 atom stereocenters. The summed E-state index contributed by atoms with van der Waals surface area (Å²) in [6, 6.07) is 6.01. The van der Waals surface area contributed by atoms with E-state index in [0.29, 0.717) is 24.8 Å². The van der Waals surface area contributed by atoms with E-state index in [9.17, 15) is 13.5 Å². The van der Waals surface area contributed by atoms with Gasteiger partial charge in [-0.15, -0.1) is 0 Å². The predicted molar refractivity (Wildman–Crippen MR) is 79.9 cm³/mol. The van der Waals surface area contributed by atoms with Crippen LogP contribution in [0.3, 0.4) is 0 Å². The Balaban J connectivity index is 1.86. The maximum absolute atomic E-state index is 12.1. The fourth-order valence-corrected chi connectivity index (χ4v) is 3.44. The van der Waals surface area contributed by atoms with Crippen LogP contribution in [0.25, 0.3) is 0 Å². The zero-order valence-corrected chi connectivity index (χ0v) is 13.1. The number of morpholine rings is 1. The maximum Gasteiger partial charge on any atom is 0.240 e. The van der Waals surface area contributed by atoms with Gasteiger partial charge < -0.3 is 9.84 Å². The number of aliphatic hydroxyl groups excluding tert-OH is 1. The van der Waals surface area contributed by atoms with Crippen LogP contribution >= 0.6 is 11.6 Å². The first-order valence-electron chi connectivity index (χ1n) is 6.71. The lowest BCUT2D eigenvalue weighted by atomic mass is 10.3. The maximum atomic E-state index is 12.1. The highest BCUT2D eigenvalue weighted by Crippen LogP contribution is 2.15. The minimum Gasteiger partial charge on any atom is -0.390 e. The van der Waals surface area contributed by atoms with E-state index in [1.165, 1.54) is 12.1 Å². The summed E-state index contributed by atoms with van der Waals surface area (Å²) in [7, 11) is -3.66. The standard InChI is InChI=1S/C13H19ClN2O4S/c14-11-2-1-3-13(8-11)21(18,19)15-9-12(17)10-16-4-6-20-7-5-16/h1-3,8,12,15,17H,4-7,9-10H2/t12-/m1/s1. The minimum absolute atomic E-state index is 0.0355. The van der Waals surface area contributed by atoms with Crippen molar-refractivity contribution in [1.82, 2.24) is 9.62 Å². The number of nitrogens with one attached hydrogen (secondary N) is 1. The normalized spacial score (nSPS) is 18.6. The van der Waals surface area contributed by atoms with Crippen molar-refractivity contribution in [3.8, 4) is 0 Å². The summed E-state index contributed by atoms with van der Waals surface area (Å²) in [6.45, 7) is 3.16. The first kappa shape index (κ1) is 16.7. The molecule has 0 radical (unpaired) electrons. The summed E-state index contributed by atoms with van der Waals surface area (Å²) in [4.78, 5) is 2.13. The molecule has 1 saturated heterocycles.